The topological polar surface area (TPSA) is 180 Å². The van der Waals surface area contributed by atoms with Crippen molar-refractivity contribution in [1.82, 2.24) is 0 Å². The van der Waals surface area contributed by atoms with Crippen LogP contribution in [0.25, 0.3) is 0 Å². The van der Waals surface area contributed by atoms with Crippen LogP contribution in [0.2, 0.25) is 12.1 Å². The number of epoxide rings is 1. The fraction of sp³-hybridized carbons (Fsp3) is 1.00. The van der Waals surface area contributed by atoms with E-state index in [-0.39, 0.29) is 31.0 Å². The van der Waals surface area contributed by atoms with E-state index in [1.54, 1.807) is 28.4 Å². The zero-order chi connectivity index (χ0) is 37.9. The number of fused-ring (bicyclic) bond motifs is 4. The minimum absolute atomic E-state index is 0.0449. The number of methoxy groups -OCH3 is 4. The van der Waals surface area contributed by atoms with Gasteiger partial charge in [0, 0.05) is 53.7 Å². The summed E-state index contributed by atoms with van der Waals surface area (Å²) < 4.78 is 91.6. The van der Waals surface area contributed by atoms with Crippen molar-refractivity contribution in [1.29, 1.82) is 0 Å². The van der Waals surface area contributed by atoms with E-state index in [9.17, 15) is 0 Å². The minimum atomic E-state index is -2.33. The van der Waals surface area contributed by atoms with E-state index in [1.165, 1.54) is 0 Å². The van der Waals surface area contributed by atoms with Crippen molar-refractivity contribution in [2.24, 2.45) is 0 Å². The fourth-order valence-electron chi connectivity index (χ4n) is 5.23. The Labute approximate surface area is 317 Å². The number of ether oxygens (including phenoxy) is 11. The van der Waals surface area contributed by atoms with E-state index in [2.05, 4.69) is 0 Å². The van der Waals surface area contributed by atoms with Crippen LogP contribution in [0.5, 0.6) is 0 Å². The highest BCUT2D eigenvalue weighted by Crippen LogP contribution is 2.33. The first kappa shape index (κ1) is 47.1. The molecule has 5 aliphatic rings. The molecule has 0 aromatic heterocycles. The molecule has 0 radical (unpaired) electrons. The summed E-state index contributed by atoms with van der Waals surface area (Å²) in [6.07, 6.45) is 2.13. The lowest BCUT2D eigenvalue weighted by molar-refractivity contribution is -0.0743. The number of hydrogen-bond acceptors (Lipinski definition) is 18. The molecular weight excluding hydrogens is 741 g/mol. The summed E-state index contributed by atoms with van der Waals surface area (Å²) in [5.74, 6) is 0. The zero-order valence-electron chi connectivity index (χ0n) is 32.2. The largest absolute Gasteiger partial charge is 0.501 e. The molecule has 5 saturated heterocycles. The van der Waals surface area contributed by atoms with Crippen molar-refractivity contribution in [3.63, 3.8) is 0 Å². The summed E-state index contributed by atoms with van der Waals surface area (Å²) in [5.41, 5.74) is 0. The number of aliphatic hydroxyl groups is 1. The second-order valence-electron chi connectivity index (χ2n) is 12.7. The third-order valence-electron chi connectivity index (χ3n) is 8.16. The quantitative estimate of drug-likeness (QED) is 0.0575. The van der Waals surface area contributed by atoms with Crippen molar-refractivity contribution in [2.45, 2.75) is 55.4 Å². The fourth-order valence-corrected chi connectivity index (χ4v) is 10.7. The summed E-state index contributed by atoms with van der Waals surface area (Å²) in [6.45, 7) is 11.3. The van der Waals surface area contributed by atoms with Gasteiger partial charge in [0.25, 0.3) is 0 Å². The molecule has 5 rings (SSSR count). The lowest BCUT2D eigenvalue weighted by Gasteiger charge is -2.20. The van der Waals surface area contributed by atoms with Gasteiger partial charge in [-0.1, -0.05) is 0 Å². The molecule has 5 aliphatic heterocycles. The first-order chi connectivity index (χ1) is 26.0. The summed E-state index contributed by atoms with van der Waals surface area (Å²) in [5, 5.41) is 8.90. The average molecular weight is 807 g/mol. The minimum Gasteiger partial charge on any atom is -0.394 e. The van der Waals surface area contributed by atoms with Gasteiger partial charge in [0.2, 0.25) is 0 Å². The van der Waals surface area contributed by atoms with Gasteiger partial charge < -0.3 is 83.8 Å². The van der Waals surface area contributed by atoms with Crippen LogP contribution >= 0.6 is 0 Å². The van der Waals surface area contributed by atoms with Crippen molar-refractivity contribution in [3.8, 4) is 0 Å². The molecular formula is C33H66O18Si2. The van der Waals surface area contributed by atoms with E-state index in [0.29, 0.717) is 98.6 Å². The van der Waals surface area contributed by atoms with Crippen LogP contribution in [-0.2, 0) is 78.7 Å². The molecule has 0 saturated carbocycles. The van der Waals surface area contributed by atoms with E-state index >= 15 is 0 Å². The smallest absolute Gasteiger partial charge is 0.394 e. The monoisotopic (exact) mass is 806 g/mol. The van der Waals surface area contributed by atoms with Crippen LogP contribution in [-0.4, -0.2) is 214 Å². The lowest BCUT2D eigenvalue weighted by Crippen LogP contribution is -2.38. The first-order valence-electron chi connectivity index (χ1n) is 18.6. The Morgan fingerprint density at radius 3 is 1.36 bits per heavy atom. The molecule has 18 nitrogen and oxygen atoms in total. The second kappa shape index (κ2) is 29.0. The summed E-state index contributed by atoms with van der Waals surface area (Å²) in [7, 11) is 1.98. The molecule has 3 unspecified atom stereocenters. The maximum absolute atomic E-state index is 8.90. The molecule has 0 aliphatic carbocycles. The van der Waals surface area contributed by atoms with Gasteiger partial charge in [0.15, 0.2) is 0 Å². The Kier molecular flexibility index (Phi) is 25.8. The molecule has 5 fully saturated rings. The second-order valence-corrected chi connectivity index (χ2v) is 18.0. The van der Waals surface area contributed by atoms with Crippen molar-refractivity contribution in [2.75, 3.05) is 161 Å². The van der Waals surface area contributed by atoms with Crippen LogP contribution in [0.15, 0.2) is 0 Å². The van der Waals surface area contributed by atoms with Gasteiger partial charge in [-0.15, -0.1) is 0 Å². The standard InChI is InChI=1S/C15H30O8Si.C9H16O5Si.C9H20O5/c1-16-5-7-19-11-14(20-8-6-17-2)10-18-4-3-9-24-21-12-15(23-24)13-22-24;1(2-10-4-8-5-11-8)3-15-12-6-9(14-15)7-13-15;1-11-3-5-13-8-9(7-10)14-6-4-12-2/h14-15H,3-13H2,1-2H3;8-9H,1-7H2;9-10H,3-8H2,1-2H3. The maximum Gasteiger partial charge on any atom is 0.501 e. The van der Waals surface area contributed by atoms with Gasteiger partial charge in [-0.3, -0.25) is 0 Å². The SMILES string of the molecule is C(COCC1CO1)C[Si]12OCC(CO1)O2.COCCOCC(CO)OCCOC.COCCOCC(COCCC[Si]12OCC(CO1)O2)OCCOC. The molecule has 4 bridgehead atoms. The average Bonchev–Trinajstić information content (AvgIpc) is 3.46. The van der Waals surface area contributed by atoms with Crippen LogP contribution < -0.4 is 0 Å². The van der Waals surface area contributed by atoms with Gasteiger partial charge in [-0.2, -0.15) is 0 Å². The van der Waals surface area contributed by atoms with Crippen LogP contribution in [0.1, 0.15) is 12.8 Å². The molecule has 5 heterocycles. The number of rotatable bonds is 31. The molecule has 314 valence electrons. The molecule has 53 heavy (non-hydrogen) atoms. The third-order valence-corrected chi connectivity index (χ3v) is 13.9. The normalized spacial score (nSPS) is 27.7. The molecule has 1 N–H and O–H groups in total. The molecule has 3 atom stereocenters. The predicted molar refractivity (Wildman–Crippen MR) is 191 cm³/mol. The molecule has 0 aromatic rings. The van der Waals surface area contributed by atoms with Crippen molar-refractivity contribution < 1.29 is 83.8 Å². The van der Waals surface area contributed by atoms with Crippen LogP contribution in [0.3, 0.4) is 0 Å². The Morgan fingerprint density at radius 2 is 0.943 bits per heavy atom. The van der Waals surface area contributed by atoms with E-state index in [0.717, 1.165) is 58.0 Å². The van der Waals surface area contributed by atoms with Gasteiger partial charge in [0.05, 0.1) is 131 Å². The van der Waals surface area contributed by atoms with Crippen molar-refractivity contribution >= 4 is 17.6 Å². The Balaban J connectivity index is 0.000000226. The predicted octanol–water partition coefficient (Wildman–Crippen LogP) is 0.322. The first-order valence-corrected chi connectivity index (χ1v) is 22.5. The molecule has 20 heteroatoms. The number of aliphatic hydroxyl groups excluding tert-OH is 1. The highest BCUT2D eigenvalue weighted by molar-refractivity contribution is 6.62. The Bertz CT molecular complexity index is 864. The van der Waals surface area contributed by atoms with Crippen molar-refractivity contribution in [3.05, 3.63) is 0 Å². The summed E-state index contributed by atoms with van der Waals surface area (Å²) >= 11 is 0. The van der Waals surface area contributed by atoms with Crippen LogP contribution in [0.4, 0.5) is 0 Å². The van der Waals surface area contributed by atoms with Gasteiger partial charge >= 0.3 is 17.6 Å². The lowest BCUT2D eigenvalue weighted by atomic mass is 10.4. The van der Waals surface area contributed by atoms with Gasteiger partial charge in [0.1, 0.15) is 18.3 Å². The van der Waals surface area contributed by atoms with Gasteiger partial charge in [-0.25, -0.2) is 0 Å². The van der Waals surface area contributed by atoms with Crippen LogP contribution in [0, 0.1) is 0 Å². The third kappa shape index (κ3) is 20.6. The van der Waals surface area contributed by atoms with E-state index < -0.39 is 17.6 Å². The highest BCUT2D eigenvalue weighted by atomic mass is 28.4. The van der Waals surface area contributed by atoms with E-state index in [4.69, 9.17) is 83.8 Å². The Morgan fingerprint density at radius 1 is 0.528 bits per heavy atom. The molecule has 0 spiro atoms. The zero-order valence-corrected chi connectivity index (χ0v) is 34.2. The summed E-state index contributed by atoms with van der Waals surface area (Å²) in [4.78, 5) is 0. The maximum atomic E-state index is 8.90. The Hall–Kier alpha value is -0.286. The molecule has 0 aromatic carbocycles. The number of hydrogen-bond donors (Lipinski definition) is 1. The van der Waals surface area contributed by atoms with E-state index in [1.807, 2.05) is 0 Å². The van der Waals surface area contributed by atoms with Gasteiger partial charge in [-0.05, 0) is 12.8 Å². The highest BCUT2D eigenvalue weighted by Gasteiger charge is 2.55. The molecule has 0 amide bonds. The summed E-state index contributed by atoms with van der Waals surface area (Å²) in [6, 6.07) is 1.69.